The van der Waals surface area contributed by atoms with Gasteiger partial charge in [0, 0.05) is 12.8 Å². The molecule has 338 valence electrons. The van der Waals surface area contributed by atoms with Crippen molar-refractivity contribution in [3.63, 3.8) is 0 Å². The second-order valence-corrected chi connectivity index (χ2v) is 16.2. The predicted molar refractivity (Wildman–Crippen MR) is 230 cm³/mol. The molecule has 0 bridgehead atoms. The molecule has 0 spiro atoms. The average Bonchev–Trinajstić information content (AvgIpc) is 3.21. The highest BCUT2D eigenvalue weighted by atomic mass is 31.2. The molecule has 1 fully saturated rings. The summed E-state index contributed by atoms with van der Waals surface area (Å²) in [7, 11) is -5.14. The van der Waals surface area contributed by atoms with Crippen LogP contribution in [0.3, 0.4) is 0 Å². The molecule has 0 amide bonds. The van der Waals surface area contributed by atoms with E-state index in [1.54, 1.807) is 0 Å². The molecule has 1 rings (SSSR count). The summed E-state index contributed by atoms with van der Waals surface area (Å²) < 4.78 is 33.3. The lowest BCUT2D eigenvalue weighted by atomic mass is 9.85. The van der Waals surface area contributed by atoms with Crippen molar-refractivity contribution in [2.24, 2.45) is 0 Å². The summed E-state index contributed by atoms with van der Waals surface area (Å²) in [4.78, 5) is 35.5. The van der Waals surface area contributed by atoms with E-state index in [0.717, 1.165) is 64.2 Å². The van der Waals surface area contributed by atoms with Crippen LogP contribution in [-0.4, -0.2) is 98.3 Å². The van der Waals surface area contributed by atoms with E-state index in [-0.39, 0.29) is 12.8 Å². The van der Waals surface area contributed by atoms with Gasteiger partial charge in [0.05, 0.1) is 6.61 Å². The number of rotatable bonds is 34. The number of hydrogen-bond acceptors (Lipinski definition) is 12. The Morgan fingerprint density at radius 2 is 0.966 bits per heavy atom. The van der Waals surface area contributed by atoms with Crippen molar-refractivity contribution in [2.75, 3.05) is 13.2 Å². The average molecular weight is 855 g/mol. The first kappa shape index (κ1) is 54.3. The summed E-state index contributed by atoms with van der Waals surface area (Å²) >= 11 is 0. The number of hydrogen-bond donors (Lipinski definition) is 6. The van der Waals surface area contributed by atoms with Crippen molar-refractivity contribution >= 4 is 19.8 Å². The maximum Gasteiger partial charge on any atom is 0.472 e. The predicted octanol–water partition coefficient (Wildman–Crippen LogP) is 7.94. The second kappa shape index (κ2) is 34.9. The lowest BCUT2D eigenvalue weighted by molar-refractivity contribution is -0.220. The topological polar surface area (TPSA) is 210 Å². The fraction of sp³-hybridized carbons (Fsp3) is 0.689. The van der Waals surface area contributed by atoms with Crippen LogP contribution in [0.5, 0.6) is 0 Å². The number of aliphatic hydroxyl groups excluding tert-OH is 5. The monoisotopic (exact) mass is 854 g/mol. The maximum absolute atomic E-state index is 12.8. The van der Waals surface area contributed by atoms with Crippen LogP contribution in [-0.2, 0) is 32.7 Å². The number of aliphatic hydroxyl groups is 5. The van der Waals surface area contributed by atoms with Crippen LogP contribution in [0.2, 0.25) is 0 Å². The Bertz CT molecular complexity index is 1310. The number of phosphoric acid groups is 1. The maximum atomic E-state index is 12.8. The highest BCUT2D eigenvalue weighted by molar-refractivity contribution is 7.47. The van der Waals surface area contributed by atoms with E-state index in [4.69, 9.17) is 18.5 Å². The summed E-state index contributed by atoms with van der Waals surface area (Å²) in [6, 6.07) is 0. The van der Waals surface area contributed by atoms with E-state index >= 15 is 0 Å². The molecule has 1 saturated carbocycles. The number of carbonyl (C=O) groups excluding carboxylic acids is 2. The van der Waals surface area contributed by atoms with Crippen LogP contribution in [0.4, 0.5) is 0 Å². The number of carbonyl (C=O) groups is 2. The van der Waals surface area contributed by atoms with Crippen molar-refractivity contribution in [3.8, 4) is 0 Å². The van der Waals surface area contributed by atoms with Gasteiger partial charge >= 0.3 is 19.8 Å². The van der Waals surface area contributed by atoms with E-state index in [0.29, 0.717) is 19.3 Å². The first-order valence-electron chi connectivity index (χ1n) is 21.7. The number of ether oxygens (including phenoxy) is 2. The van der Waals surface area contributed by atoms with Crippen LogP contribution >= 0.6 is 7.82 Å². The highest BCUT2D eigenvalue weighted by Crippen LogP contribution is 2.47. The minimum absolute atomic E-state index is 0.0318. The summed E-state index contributed by atoms with van der Waals surface area (Å²) in [5.41, 5.74) is 0. The van der Waals surface area contributed by atoms with E-state index in [1.165, 1.54) is 32.1 Å². The molecular formula is C45H75O13P. The molecule has 0 aromatic carbocycles. The van der Waals surface area contributed by atoms with Gasteiger partial charge in [-0.2, -0.15) is 0 Å². The van der Waals surface area contributed by atoms with Gasteiger partial charge in [0.25, 0.3) is 0 Å². The molecule has 0 aromatic rings. The van der Waals surface area contributed by atoms with Gasteiger partial charge in [-0.1, -0.05) is 132 Å². The number of phosphoric ester groups is 1. The minimum Gasteiger partial charge on any atom is -0.462 e. The highest BCUT2D eigenvalue weighted by Gasteiger charge is 2.51. The molecule has 0 aromatic heterocycles. The molecule has 0 saturated heterocycles. The third-order valence-electron chi connectivity index (χ3n) is 9.53. The van der Waals surface area contributed by atoms with Gasteiger partial charge in [0.1, 0.15) is 43.2 Å². The van der Waals surface area contributed by atoms with Gasteiger partial charge in [0.2, 0.25) is 0 Å². The van der Waals surface area contributed by atoms with Crippen LogP contribution in [0.25, 0.3) is 0 Å². The van der Waals surface area contributed by atoms with Gasteiger partial charge in [-0.15, -0.1) is 0 Å². The zero-order valence-electron chi connectivity index (χ0n) is 35.5. The van der Waals surface area contributed by atoms with Crippen molar-refractivity contribution in [1.82, 2.24) is 0 Å². The van der Waals surface area contributed by atoms with E-state index in [2.05, 4.69) is 68.5 Å². The lowest BCUT2D eigenvalue weighted by Gasteiger charge is -2.41. The van der Waals surface area contributed by atoms with Crippen LogP contribution in [0.1, 0.15) is 142 Å². The fourth-order valence-corrected chi connectivity index (χ4v) is 6.93. The molecule has 8 atom stereocenters. The number of allylic oxidation sites excluding steroid dienone is 12. The van der Waals surface area contributed by atoms with Crippen LogP contribution in [0, 0.1) is 0 Å². The Morgan fingerprint density at radius 1 is 0.525 bits per heavy atom. The van der Waals surface area contributed by atoms with E-state index in [9.17, 15) is 44.6 Å². The molecule has 59 heavy (non-hydrogen) atoms. The molecule has 1 aliphatic rings. The van der Waals surface area contributed by atoms with Crippen LogP contribution in [0.15, 0.2) is 72.9 Å². The Hall–Kier alpha value is -2.71. The Morgan fingerprint density at radius 3 is 1.53 bits per heavy atom. The summed E-state index contributed by atoms with van der Waals surface area (Å²) in [5.74, 6) is -1.22. The fourth-order valence-electron chi connectivity index (χ4n) is 5.95. The lowest BCUT2D eigenvalue weighted by Crippen LogP contribution is -2.64. The number of esters is 2. The Kier molecular flexibility index (Phi) is 32.2. The SMILES string of the molecule is CCCC/C=C/CCCCCCCC(=O)OC[C@H](COP(=O)(O)OC1C(O)C(O)C(O)[C@H](O)C1O)OC(=O)CC/C=C/C/C=C/C/C=C/C/C=C/C/C=C/CCCCC. The smallest absolute Gasteiger partial charge is 0.462 e. The summed E-state index contributed by atoms with van der Waals surface area (Å²) in [6.07, 6.45) is 29.8. The first-order chi connectivity index (χ1) is 28.4. The third kappa shape index (κ3) is 27.7. The molecule has 6 N–H and O–H groups in total. The largest absolute Gasteiger partial charge is 0.472 e. The van der Waals surface area contributed by atoms with Gasteiger partial charge in [-0.05, 0) is 70.6 Å². The third-order valence-corrected chi connectivity index (χ3v) is 10.5. The molecular weight excluding hydrogens is 779 g/mol. The van der Waals surface area contributed by atoms with Gasteiger partial charge in [-0.3, -0.25) is 18.6 Å². The van der Waals surface area contributed by atoms with Crippen LogP contribution < -0.4 is 0 Å². The Balaban J connectivity index is 2.55. The van der Waals surface area contributed by atoms with Gasteiger partial charge in [-0.25, -0.2) is 4.57 Å². The zero-order chi connectivity index (χ0) is 43.6. The van der Waals surface area contributed by atoms with Crippen molar-refractivity contribution < 1.29 is 63.1 Å². The van der Waals surface area contributed by atoms with Crippen molar-refractivity contribution in [2.45, 2.75) is 185 Å². The van der Waals surface area contributed by atoms with E-state index < -0.39 is 75.7 Å². The molecule has 0 aliphatic heterocycles. The molecule has 0 heterocycles. The summed E-state index contributed by atoms with van der Waals surface area (Å²) in [5, 5.41) is 50.0. The van der Waals surface area contributed by atoms with Crippen molar-refractivity contribution in [3.05, 3.63) is 72.9 Å². The molecule has 6 unspecified atom stereocenters. The normalized spacial score (nSPS) is 23.1. The quantitative estimate of drug-likeness (QED) is 0.0157. The molecule has 13 nitrogen and oxygen atoms in total. The second-order valence-electron chi connectivity index (χ2n) is 14.8. The Labute approximate surface area is 353 Å². The standard InChI is InChI=1S/C45H75O13P/c1-3-5-7-9-11-13-15-16-17-18-19-20-21-22-24-26-28-30-32-34-39(47)57-37(35-55-38(46)33-31-29-27-25-23-14-12-10-8-6-4-2)36-56-59(53,54)58-45-43(51)41(49)40(48)42(50)44(45)52/h10-13,16-17,19-20,22,24,28,30,37,40-45,48-52H,3-9,14-15,18,21,23,25-27,29,31-36H2,1-2H3,(H,53,54)/b12-10+,13-11+,17-16+,20-19+,24-22+,30-28+/t37-,40?,41+,42?,43?,44?,45?/m1/s1. The molecule has 14 heteroatoms. The van der Waals surface area contributed by atoms with Gasteiger partial charge in [0.15, 0.2) is 6.10 Å². The number of unbranched alkanes of at least 4 members (excludes halogenated alkanes) is 10. The zero-order valence-corrected chi connectivity index (χ0v) is 36.4. The van der Waals surface area contributed by atoms with Crippen molar-refractivity contribution in [1.29, 1.82) is 0 Å². The molecule has 0 radical (unpaired) electrons. The first-order valence-corrected chi connectivity index (χ1v) is 23.2. The van der Waals surface area contributed by atoms with E-state index in [1.807, 2.05) is 18.2 Å². The summed E-state index contributed by atoms with van der Waals surface area (Å²) in [6.45, 7) is 3.13. The molecule has 1 aliphatic carbocycles. The minimum atomic E-state index is -5.14. The van der Waals surface area contributed by atoms with Gasteiger partial charge < -0.3 is 39.9 Å².